The predicted octanol–water partition coefficient (Wildman–Crippen LogP) is 4.05. The minimum Gasteiger partial charge on any atom is -0.398 e. The Bertz CT molecular complexity index is 801. The van der Waals surface area contributed by atoms with Crippen molar-refractivity contribution < 1.29 is 0 Å². The summed E-state index contributed by atoms with van der Waals surface area (Å²) < 4.78 is 0. The molecular formula is C18H15N3. The molecule has 0 aliphatic rings. The van der Waals surface area contributed by atoms with E-state index in [4.69, 9.17) is 5.73 Å². The standard InChI is InChI=1S/C9H8N2.C9H7N/c10-8-5-6-11-9-4-2-1-3-7(8)9;1-2-6-9-8(4-1)5-3-7-10-9/h1-6H,(H2,10,11);1-7H. The molecule has 0 fully saturated rings. The molecule has 0 atom stereocenters. The van der Waals surface area contributed by atoms with Crippen molar-refractivity contribution in [1.29, 1.82) is 0 Å². The SMILES string of the molecule is Nc1ccnc2ccccc12.c1ccc2ncccc2c1. The molecule has 2 heterocycles. The lowest BCUT2D eigenvalue weighted by Crippen LogP contribution is -1.87. The minimum atomic E-state index is 0.788. The molecule has 0 aliphatic heterocycles. The molecule has 0 saturated heterocycles. The van der Waals surface area contributed by atoms with Crippen LogP contribution in [0.4, 0.5) is 5.69 Å². The largest absolute Gasteiger partial charge is 0.398 e. The van der Waals surface area contributed by atoms with Crippen molar-refractivity contribution in [1.82, 2.24) is 9.97 Å². The maximum Gasteiger partial charge on any atom is 0.0722 e. The first kappa shape index (κ1) is 13.1. The molecule has 3 heteroatoms. The van der Waals surface area contributed by atoms with Crippen LogP contribution in [0.25, 0.3) is 21.8 Å². The highest BCUT2D eigenvalue weighted by Gasteiger charge is 1.94. The van der Waals surface area contributed by atoms with E-state index in [1.165, 1.54) is 5.39 Å². The smallest absolute Gasteiger partial charge is 0.0722 e. The molecule has 2 aromatic carbocycles. The predicted molar refractivity (Wildman–Crippen MR) is 87.9 cm³/mol. The third-order valence-electron chi connectivity index (χ3n) is 3.19. The molecule has 0 bridgehead atoms. The summed E-state index contributed by atoms with van der Waals surface area (Å²) in [5.74, 6) is 0. The number of nitrogens with zero attached hydrogens (tertiary/aromatic N) is 2. The maximum absolute atomic E-state index is 5.72. The molecule has 0 aliphatic carbocycles. The van der Waals surface area contributed by atoms with Crippen molar-refractivity contribution in [2.75, 3.05) is 5.73 Å². The van der Waals surface area contributed by atoms with Gasteiger partial charge in [-0.15, -0.1) is 0 Å². The van der Waals surface area contributed by atoms with Gasteiger partial charge >= 0.3 is 0 Å². The third kappa shape index (κ3) is 2.98. The fourth-order valence-corrected chi connectivity index (χ4v) is 2.13. The van der Waals surface area contributed by atoms with E-state index in [1.54, 1.807) is 6.20 Å². The Labute approximate surface area is 123 Å². The number of fused-ring (bicyclic) bond motifs is 2. The Balaban J connectivity index is 0.000000126. The summed E-state index contributed by atoms with van der Waals surface area (Å²) in [7, 11) is 0. The molecule has 4 rings (SSSR count). The number of nitrogens with two attached hydrogens (primary N) is 1. The number of benzene rings is 2. The first-order chi connectivity index (χ1) is 10.3. The number of pyridine rings is 2. The molecule has 2 aromatic heterocycles. The summed E-state index contributed by atoms with van der Waals surface area (Å²) in [6.07, 6.45) is 3.53. The lowest BCUT2D eigenvalue weighted by atomic mass is 10.2. The number of rotatable bonds is 0. The highest BCUT2D eigenvalue weighted by atomic mass is 14.7. The Morgan fingerprint density at radius 2 is 1.29 bits per heavy atom. The van der Waals surface area contributed by atoms with Crippen LogP contribution in [-0.4, -0.2) is 9.97 Å². The van der Waals surface area contributed by atoms with Crippen LogP contribution in [-0.2, 0) is 0 Å². The molecule has 102 valence electrons. The van der Waals surface area contributed by atoms with Crippen molar-refractivity contribution >= 4 is 27.5 Å². The second-order valence-electron chi connectivity index (χ2n) is 4.61. The molecule has 2 N–H and O–H groups in total. The van der Waals surface area contributed by atoms with Gasteiger partial charge in [-0.05, 0) is 24.3 Å². The third-order valence-corrected chi connectivity index (χ3v) is 3.19. The summed E-state index contributed by atoms with van der Waals surface area (Å²) in [6.45, 7) is 0. The van der Waals surface area contributed by atoms with Gasteiger partial charge in [-0.1, -0.05) is 42.5 Å². The van der Waals surface area contributed by atoms with Crippen LogP contribution in [0.15, 0.2) is 79.1 Å². The van der Waals surface area contributed by atoms with Crippen LogP contribution in [0.5, 0.6) is 0 Å². The van der Waals surface area contributed by atoms with Gasteiger partial charge in [-0.2, -0.15) is 0 Å². The van der Waals surface area contributed by atoms with Gasteiger partial charge < -0.3 is 5.73 Å². The van der Waals surface area contributed by atoms with Crippen LogP contribution in [0, 0.1) is 0 Å². The summed E-state index contributed by atoms with van der Waals surface area (Å²) in [5, 5.41) is 2.22. The van der Waals surface area contributed by atoms with E-state index >= 15 is 0 Å². The number of hydrogen-bond acceptors (Lipinski definition) is 3. The second-order valence-corrected chi connectivity index (χ2v) is 4.61. The Hall–Kier alpha value is -2.94. The zero-order valence-electron chi connectivity index (χ0n) is 11.5. The van der Waals surface area contributed by atoms with E-state index in [0.717, 1.165) is 22.1 Å². The van der Waals surface area contributed by atoms with Crippen LogP contribution in [0.3, 0.4) is 0 Å². The zero-order chi connectivity index (χ0) is 14.5. The van der Waals surface area contributed by atoms with Crippen LogP contribution in [0.1, 0.15) is 0 Å². The van der Waals surface area contributed by atoms with Crippen molar-refractivity contribution in [2.45, 2.75) is 0 Å². The molecule has 21 heavy (non-hydrogen) atoms. The van der Waals surface area contributed by atoms with Gasteiger partial charge in [0, 0.05) is 28.9 Å². The summed E-state index contributed by atoms with van der Waals surface area (Å²) in [4.78, 5) is 8.34. The van der Waals surface area contributed by atoms with E-state index in [1.807, 2.05) is 60.8 Å². The molecule has 0 amide bonds. The number of hydrogen-bond donors (Lipinski definition) is 1. The maximum atomic E-state index is 5.72. The van der Waals surface area contributed by atoms with Crippen molar-refractivity contribution in [2.24, 2.45) is 0 Å². The topological polar surface area (TPSA) is 51.8 Å². The first-order valence-corrected chi connectivity index (χ1v) is 6.73. The first-order valence-electron chi connectivity index (χ1n) is 6.73. The molecule has 0 radical (unpaired) electrons. The molecule has 4 aromatic rings. The van der Waals surface area contributed by atoms with E-state index < -0.39 is 0 Å². The lowest BCUT2D eigenvalue weighted by Gasteiger charge is -1.97. The molecule has 0 spiro atoms. The average molecular weight is 273 g/mol. The van der Waals surface area contributed by atoms with Crippen molar-refractivity contribution in [3.05, 3.63) is 79.1 Å². The van der Waals surface area contributed by atoms with Gasteiger partial charge in [0.05, 0.1) is 11.0 Å². The van der Waals surface area contributed by atoms with Gasteiger partial charge in [-0.3, -0.25) is 9.97 Å². The zero-order valence-corrected chi connectivity index (χ0v) is 11.5. The van der Waals surface area contributed by atoms with E-state index in [9.17, 15) is 0 Å². The van der Waals surface area contributed by atoms with Crippen molar-refractivity contribution in [3.63, 3.8) is 0 Å². The minimum absolute atomic E-state index is 0.788. The van der Waals surface area contributed by atoms with Crippen LogP contribution in [0.2, 0.25) is 0 Å². The number of para-hydroxylation sites is 2. The van der Waals surface area contributed by atoms with Gasteiger partial charge in [-0.25, -0.2) is 0 Å². The quantitative estimate of drug-likeness (QED) is 0.526. The fourth-order valence-electron chi connectivity index (χ4n) is 2.13. The lowest BCUT2D eigenvalue weighted by molar-refractivity contribution is 1.41. The highest BCUT2D eigenvalue weighted by Crippen LogP contribution is 2.16. The Kier molecular flexibility index (Phi) is 3.74. The van der Waals surface area contributed by atoms with Crippen LogP contribution >= 0.6 is 0 Å². The number of anilines is 1. The van der Waals surface area contributed by atoms with E-state index in [0.29, 0.717) is 0 Å². The second kappa shape index (κ2) is 6.01. The molecule has 0 saturated carbocycles. The van der Waals surface area contributed by atoms with Gasteiger partial charge in [0.2, 0.25) is 0 Å². The number of aromatic nitrogens is 2. The normalized spacial score (nSPS) is 10.1. The summed E-state index contributed by atoms with van der Waals surface area (Å²) in [6, 6.07) is 21.7. The van der Waals surface area contributed by atoms with Gasteiger partial charge in [0.15, 0.2) is 0 Å². The molecule has 0 unspecified atom stereocenters. The van der Waals surface area contributed by atoms with E-state index in [-0.39, 0.29) is 0 Å². The van der Waals surface area contributed by atoms with Crippen LogP contribution < -0.4 is 5.73 Å². The molecular weight excluding hydrogens is 258 g/mol. The highest BCUT2D eigenvalue weighted by molar-refractivity contribution is 5.89. The summed E-state index contributed by atoms with van der Waals surface area (Å²) >= 11 is 0. The average Bonchev–Trinajstić information content (AvgIpc) is 2.56. The van der Waals surface area contributed by atoms with Gasteiger partial charge in [0.25, 0.3) is 0 Å². The van der Waals surface area contributed by atoms with Crippen molar-refractivity contribution in [3.8, 4) is 0 Å². The molecule has 3 nitrogen and oxygen atoms in total. The Morgan fingerprint density at radius 1 is 0.619 bits per heavy atom. The van der Waals surface area contributed by atoms with Gasteiger partial charge in [0.1, 0.15) is 0 Å². The number of nitrogen functional groups attached to an aromatic ring is 1. The van der Waals surface area contributed by atoms with E-state index in [2.05, 4.69) is 22.1 Å². The fraction of sp³-hybridized carbons (Fsp3) is 0. The summed E-state index contributed by atoms with van der Waals surface area (Å²) in [5.41, 5.74) is 8.52. The Morgan fingerprint density at radius 3 is 2.10 bits per heavy atom. The monoisotopic (exact) mass is 273 g/mol.